The van der Waals surface area contributed by atoms with Gasteiger partial charge in [-0.2, -0.15) is 0 Å². The average Bonchev–Trinajstić information content (AvgIpc) is 3.30. The second kappa shape index (κ2) is 9.78. The van der Waals surface area contributed by atoms with Crippen LogP contribution >= 0.6 is 0 Å². The Balaban J connectivity index is 2.48. The maximum absolute atomic E-state index is 13.6. The molecule has 0 aromatic carbocycles. The predicted molar refractivity (Wildman–Crippen MR) is 113 cm³/mol. The van der Waals surface area contributed by atoms with Crippen molar-refractivity contribution in [3.05, 3.63) is 46.7 Å². The molecule has 0 radical (unpaired) electrons. The Labute approximate surface area is 178 Å². The van der Waals surface area contributed by atoms with Gasteiger partial charge >= 0.3 is 5.97 Å². The van der Waals surface area contributed by atoms with E-state index in [0.717, 1.165) is 0 Å². The maximum atomic E-state index is 13.6. The van der Waals surface area contributed by atoms with Crippen LogP contribution in [0.15, 0.2) is 22.8 Å². The van der Waals surface area contributed by atoms with Crippen LogP contribution in [0, 0.1) is 19.8 Å². The van der Waals surface area contributed by atoms with Crippen molar-refractivity contribution in [1.82, 2.24) is 9.47 Å². The number of aromatic nitrogens is 1. The van der Waals surface area contributed by atoms with Gasteiger partial charge in [-0.1, -0.05) is 13.8 Å². The monoisotopic (exact) mass is 416 g/mol. The van der Waals surface area contributed by atoms with Gasteiger partial charge in [0.1, 0.15) is 11.5 Å². The third-order valence-corrected chi connectivity index (χ3v) is 5.33. The Morgan fingerprint density at radius 1 is 1.17 bits per heavy atom. The lowest BCUT2D eigenvalue weighted by atomic mass is 9.98. The average molecular weight is 417 g/mol. The quantitative estimate of drug-likeness (QED) is 0.453. The summed E-state index contributed by atoms with van der Waals surface area (Å²) in [5.41, 5.74) is 2.14. The second-order valence-corrected chi connectivity index (χ2v) is 7.64. The Morgan fingerprint density at radius 3 is 2.33 bits per heavy atom. The summed E-state index contributed by atoms with van der Waals surface area (Å²) in [6, 6.07) is 2.81. The van der Waals surface area contributed by atoms with Crippen molar-refractivity contribution >= 4 is 17.7 Å². The number of amides is 1. The molecule has 1 amide bonds. The lowest BCUT2D eigenvalue weighted by Crippen LogP contribution is -2.44. The van der Waals surface area contributed by atoms with Gasteiger partial charge in [-0.3, -0.25) is 9.59 Å². The Bertz CT molecular complexity index is 909. The zero-order valence-electron chi connectivity index (χ0n) is 18.9. The van der Waals surface area contributed by atoms with E-state index in [4.69, 9.17) is 9.15 Å². The number of Topliss-reactive ketones (excluding diaryl/α,β-unsaturated/α-hetero) is 1. The van der Waals surface area contributed by atoms with E-state index in [1.165, 1.54) is 4.90 Å². The molecule has 164 valence electrons. The minimum atomic E-state index is -0.717. The van der Waals surface area contributed by atoms with Gasteiger partial charge in [-0.15, -0.1) is 0 Å². The third-order valence-electron chi connectivity index (χ3n) is 5.33. The van der Waals surface area contributed by atoms with Crippen molar-refractivity contribution in [2.75, 3.05) is 6.61 Å². The molecular formula is C23H32N2O5. The zero-order chi connectivity index (χ0) is 22.6. The van der Waals surface area contributed by atoms with Crippen LogP contribution in [0.25, 0.3) is 0 Å². The molecule has 0 N–H and O–H groups in total. The van der Waals surface area contributed by atoms with Gasteiger partial charge in [0.2, 0.25) is 5.91 Å². The molecule has 2 aromatic heterocycles. The number of rotatable bonds is 9. The topological polar surface area (TPSA) is 81.8 Å². The molecule has 1 atom stereocenters. The largest absolute Gasteiger partial charge is 0.467 e. The van der Waals surface area contributed by atoms with Crippen LogP contribution in [-0.4, -0.2) is 39.8 Å². The summed E-state index contributed by atoms with van der Waals surface area (Å²) in [5, 5.41) is 0. The first-order valence-corrected chi connectivity index (χ1v) is 10.4. The second-order valence-electron chi connectivity index (χ2n) is 7.64. The van der Waals surface area contributed by atoms with E-state index >= 15 is 0 Å². The standard InChI is InChI=1S/C23H32N2O5/c1-8-24-16(6)19(15(5)20(24)23(28)29-9-2)21(26)17(7)25(22(27)14(3)4)13-18-11-10-12-30-18/h10-12,14,17H,8-9,13H2,1-7H3. The predicted octanol–water partition coefficient (Wildman–Crippen LogP) is 4.15. The highest BCUT2D eigenvalue weighted by Crippen LogP contribution is 2.26. The summed E-state index contributed by atoms with van der Waals surface area (Å²) < 4.78 is 12.4. The molecule has 0 fully saturated rings. The number of carbonyl (C=O) groups is 3. The fourth-order valence-corrected chi connectivity index (χ4v) is 3.77. The summed E-state index contributed by atoms with van der Waals surface area (Å²) in [6.45, 7) is 13.6. The molecule has 1 unspecified atom stereocenters. The number of nitrogens with zero attached hydrogens (tertiary/aromatic N) is 2. The molecule has 7 nitrogen and oxygen atoms in total. The summed E-state index contributed by atoms with van der Waals surface area (Å²) in [5.74, 6) is -0.452. The highest BCUT2D eigenvalue weighted by atomic mass is 16.5. The van der Waals surface area contributed by atoms with Crippen molar-refractivity contribution in [2.45, 2.75) is 67.6 Å². The third kappa shape index (κ3) is 4.50. The number of ether oxygens (including phenoxy) is 1. The van der Waals surface area contributed by atoms with Gasteiger partial charge in [0, 0.05) is 23.7 Å². The summed E-state index contributed by atoms with van der Waals surface area (Å²) >= 11 is 0. The minimum absolute atomic E-state index is 0.136. The number of ketones is 1. The molecule has 30 heavy (non-hydrogen) atoms. The normalized spacial score (nSPS) is 12.1. The molecule has 2 aromatic rings. The minimum Gasteiger partial charge on any atom is -0.467 e. The highest BCUT2D eigenvalue weighted by Gasteiger charge is 2.33. The zero-order valence-corrected chi connectivity index (χ0v) is 18.9. The smallest absolute Gasteiger partial charge is 0.355 e. The van der Waals surface area contributed by atoms with E-state index in [9.17, 15) is 14.4 Å². The maximum Gasteiger partial charge on any atom is 0.355 e. The van der Waals surface area contributed by atoms with Crippen molar-refractivity contribution in [3.8, 4) is 0 Å². The van der Waals surface area contributed by atoms with E-state index in [0.29, 0.717) is 34.8 Å². The Hall–Kier alpha value is -2.83. The fourth-order valence-electron chi connectivity index (χ4n) is 3.77. The molecule has 0 spiro atoms. The molecule has 0 saturated carbocycles. The van der Waals surface area contributed by atoms with Crippen LogP contribution in [0.4, 0.5) is 0 Å². The fraction of sp³-hybridized carbons (Fsp3) is 0.522. The molecule has 0 bridgehead atoms. The molecule has 0 saturated heterocycles. The lowest BCUT2D eigenvalue weighted by Gasteiger charge is -2.29. The Morgan fingerprint density at radius 2 is 1.83 bits per heavy atom. The number of esters is 1. The van der Waals surface area contributed by atoms with Crippen LogP contribution in [0.1, 0.15) is 72.5 Å². The summed E-state index contributed by atoms with van der Waals surface area (Å²) in [7, 11) is 0. The lowest BCUT2D eigenvalue weighted by molar-refractivity contribution is -0.136. The van der Waals surface area contributed by atoms with Crippen LogP contribution in [-0.2, 0) is 22.6 Å². The van der Waals surface area contributed by atoms with Gasteiger partial charge in [0.25, 0.3) is 0 Å². The van der Waals surface area contributed by atoms with E-state index < -0.39 is 12.0 Å². The Kier molecular flexibility index (Phi) is 7.65. The number of hydrogen-bond acceptors (Lipinski definition) is 5. The van der Waals surface area contributed by atoms with Crippen molar-refractivity contribution in [3.63, 3.8) is 0 Å². The number of hydrogen-bond donors (Lipinski definition) is 0. The van der Waals surface area contributed by atoms with E-state index in [1.54, 1.807) is 57.6 Å². The first kappa shape index (κ1) is 23.4. The highest BCUT2D eigenvalue weighted by molar-refractivity contribution is 6.06. The SMILES string of the molecule is CCOC(=O)c1c(C)c(C(=O)C(C)N(Cc2ccco2)C(=O)C(C)C)c(C)n1CC. The van der Waals surface area contributed by atoms with Crippen molar-refractivity contribution in [2.24, 2.45) is 5.92 Å². The summed E-state index contributed by atoms with van der Waals surface area (Å²) in [6.07, 6.45) is 1.54. The number of carbonyl (C=O) groups excluding carboxylic acids is 3. The van der Waals surface area contributed by atoms with Crippen molar-refractivity contribution < 1.29 is 23.5 Å². The van der Waals surface area contributed by atoms with Crippen LogP contribution < -0.4 is 0 Å². The van der Waals surface area contributed by atoms with Gasteiger partial charge in [0.15, 0.2) is 5.78 Å². The molecular weight excluding hydrogens is 384 g/mol. The van der Waals surface area contributed by atoms with Gasteiger partial charge < -0.3 is 18.6 Å². The molecule has 2 heterocycles. The van der Waals surface area contributed by atoms with E-state index in [-0.39, 0.29) is 30.8 Å². The van der Waals surface area contributed by atoms with E-state index in [1.807, 2.05) is 13.8 Å². The molecule has 0 aliphatic rings. The number of furan rings is 1. The van der Waals surface area contributed by atoms with Gasteiger partial charge in [-0.05, 0) is 52.3 Å². The van der Waals surface area contributed by atoms with E-state index in [2.05, 4.69) is 0 Å². The summed E-state index contributed by atoms with van der Waals surface area (Å²) in [4.78, 5) is 40.5. The molecule has 0 aliphatic heterocycles. The van der Waals surface area contributed by atoms with Crippen LogP contribution in [0.3, 0.4) is 0 Å². The van der Waals surface area contributed by atoms with Crippen molar-refractivity contribution in [1.29, 1.82) is 0 Å². The first-order chi connectivity index (χ1) is 14.1. The molecule has 7 heteroatoms. The van der Waals surface area contributed by atoms with Gasteiger partial charge in [0.05, 0.1) is 25.5 Å². The van der Waals surface area contributed by atoms with Crippen LogP contribution in [0.5, 0.6) is 0 Å². The van der Waals surface area contributed by atoms with Crippen LogP contribution in [0.2, 0.25) is 0 Å². The van der Waals surface area contributed by atoms with Gasteiger partial charge in [-0.25, -0.2) is 4.79 Å². The molecule has 0 aliphatic carbocycles. The first-order valence-electron chi connectivity index (χ1n) is 10.4. The molecule has 2 rings (SSSR count).